The van der Waals surface area contributed by atoms with Crippen molar-refractivity contribution in [1.82, 2.24) is 14.5 Å². The number of hydrogen-bond donors (Lipinski definition) is 0. The number of hydrogen-bond acceptors (Lipinski definition) is 4. The number of nitrogens with zero attached hydrogens (tertiary/aromatic N) is 3. The molecular formula is C15H25N3OS. The van der Waals surface area contributed by atoms with Gasteiger partial charge in [0.2, 0.25) is 0 Å². The number of likely N-dealkylation sites (N-methyl/N-ethyl adjacent to an activating group) is 1. The summed E-state index contributed by atoms with van der Waals surface area (Å²) in [6, 6.07) is 0. The zero-order chi connectivity index (χ0) is 14.5. The fourth-order valence-corrected chi connectivity index (χ4v) is 3.66. The molecule has 0 bridgehead atoms. The fourth-order valence-electron chi connectivity index (χ4n) is 2.85. The third kappa shape index (κ3) is 3.26. The highest BCUT2D eigenvalue weighted by Gasteiger charge is 2.21. The van der Waals surface area contributed by atoms with Crippen LogP contribution >= 0.6 is 11.8 Å². The lowest BCUT2D eigenvalue weighted by Crippen LogP contribution is -2.33. The summed E-state index contributed by atoms with van der Waals surface area (Å²) in [6.07, 6.45) is 3.27. The van der Waals surface area contributed by atoms with Crippen molar-refractivity contribution in [3.05, 3.63) is 21.7 Å². The summed E-state index contributed by atoms with van der Waals surface area (Å²) >= 11 is 1.70. The minimum Gasteiger partial charge on any atom is -0.302 e. The lowest BCUT2D eigenvalue weighted by atomic mass is 10.2. The van der Waals surface area contributed by atoms with Crippen molar-refractivity contribution >= 4 is 11.8 Å². The Balaban J connectivity index is 2.26. The number of thioether (sulfide) groups is 1. The summed E-state index contributed by atoms with van der Waals surface area (Å²) in [5, 5.41) is 0.976. The van der Waals surface area contributed by atoms with Crippen molar-refractivity contribution in [2.75, 3.05) is 25.4 Å². The van der Waals surface area contributed by atoms with Gasteiger partial charge in [-0.15, -0.1) is 11.8 Å². The van der Waals surface area contributed by atoms with Crippen LogP contribution in [-0.2, 0) is 19.4 Å². The van der Waals surface area contributed by atoms with Crippen LogP contribution in [-0.4, -0.2) is 39.8 Å². The van der Waals surface area contributed by atoms with Gasteiger partial charge in [0.15, 0.2) is 0 Å². The SMILES string of the molecule is CCSc1nc(=O)n(CCN(CC)CC)c2c1CCC2. The van der Waals surface area contributed by atoms with Crippen molar-refractivity contribution in [2.24, 2.45) is 0 Å². The zero-order valence-electron chi connectivity index (χ0n) is 12.8. The molecule has 2 rings (SSSR count). The van der Waals surface area contributed by atoms with Crippen LogP contribution in [0, 0.1) is 0 Å². The van der Waals surface area contributed by atoms with Gasteiger partial charge in [0.05, 0.1) is 0 Å². The maximum Gasteiger partial charge on any atom is 0.348 e. The molecule has 1 heterocycles. The van der Waals surface area contributed by atoms with Gasteiger partial charge >= 0.3 is 5.69 Å². The van der Waals surface area contributed by atoms with E-state index in [2.05, 4.69) is 30.7 Å². The average molecular weight is 295 g/mol. The second-order valence-electron chi connectivity index (χ2n) is 5.09. The van der Waals surface area contributed by atoms with Gasteiger partial charge in [0.25, 0.3) is 0 Å². The molecule has 0 N–H and O–H groups in total. The minimum absolute atomic E-state index is 0.0613. The first-order valence-corrected chi connectivity index (χ1v) is 8.67. The second-order valence-corrected chi connectivity index (χ2v) is 6.34. The van der Waals surface area contributed by atoms with Crippen molar-refractivity contribution in [2.45, 2.75) is 51.6 Å². The molecule has 4 nitrogen and oxygen atoms in total. The Kier molecular flexibility index (Phi) is 5.66. The van der Waals surface area contributed by atoms with Crippen molar-refractivity contribution in [1.29, 1.82) is 0 Å². The number of aromatic nitrogens is 2. The van der Waals surface area contributed by atoms with E-state index in [1.165, 1.54) is 11.3 Å². The summed E-state index contributed by atoms with van der Waals surface area (Å²) in [6.45, 7) is 10.2. The molecule has 0 spiro atoms. The Hall–Kier alpha value is -0.810. The Morgan fingerprint density at radius 2 is 2.00 bits per heavy atom. The maximum absolute atomic E-state index is 12.3. The van der Waals surface area contributed by atoms with Gasteiger partial charge in [-0.1, -0.05) is 20.8 Å². The van der Waals surface area contributed by atoms with E-state index >= 15 is 0 Å². The molecule has 0 atom stereocenters. The van der Waals surface area contributed by atoms with Crippen molar-refractivity contribution < 1.29 is 0 Å². The van der Waals surface area contributed by atoms with Gasteiger partial charge in [-0.3, -0.25) is 4.57 Å². The van der Waals surface area contributed by atoms with Crippen LogP contribution in [0.1, 0.15) is 38.4 Å². The molecule has 0 fully saturated rings. The van der Waals surface area contributed by atoms with Crippen LogP contribution in [0.4, 0.5) is 0 Å². The van der Waals surface area contributed by atoms with Crippen LogP contribution < -0.4 is 5.69 Å². The highest BCUT2D eigenvalue weighted by atomic mass is 32.2. The van der Waals surface area contributed by atoms with E-state index in [4.69, 9.17) is 0 Å². The molecule has 0 saturated heterocycles. The molecule has 0 aromatic carbocycles. The third-order valence-corrected chi connectivity index (χ3v) is 4.92. The monoisotopic (exact) mass is 295 g/mol. The predicted octanol–water partition coefficient (Wildman–Crippen LogP) is 2.19. The Morgan fingerprint density at radius 1 is 1.25 bits per heavy atom. The second kappa shape index (κ2) is 7.27. The summed E-state index contributed by atoms with van der Waals surface area (Å²) in [4.78, 5) is 18.9. The first kappa shape index (κ1) is 15.6. The molecule has 0 saturated carbocycles. The van der Waals surface area contributed by atoms with Crippen LogP contribution in [0.2, 0.25) is 0 Å². The molecule has 0 unspecified atom stereocenters. The molecule has 112 valence electrons. The van der Waals surface area contributed by atoms with E-state index in [1.807, 2.05) is 4.57 Å². The van der Waals surface area contributed by atoms with E-state index in [0.717, 1.165) is 56.2 Å². The van der Waals surface area contributed by atoms with Gasteiger partial charge in [0.1, 0.15) is 5.03 Å². The fraction of sp³-hybridized carbons (Fsp3) is 0.733. The highest BCUT2D eigenvalue weighted by molar-refractivity contribution is 7.99. The van der Waals surface area contributed by atoms with Gasteiger partial charge < -0.3 is 4.90 Å². The number of rotatable bonds is 7. The molecular weight excluding hydrogens is 270 g/mol. The van der Waals surface area contributed by atoms with E-state index in [0.29, 0.717) is 0 Å². The van der Waals surface area contributed by atoms with Gasteiger partial charge in [-0.25, -0.2) is 4.79 Å². The first-order valence-electron chi connectivity index (χ1n) is 7.68. The summed E-state index contributed by atoms with van der Waals surface area (Å²) in [5.41, 5.74) is 2.51. The van der Waals surface area contributed by atoms with E-state index < -0.39 is 0 Å². The molecule has 5 heteroatoms. The normalized spacial score (nSPS) is 14.0. The van der Waals surface area contributed by atoms with Gasteiger partial charge in [-0.2, -0.15) is 4.98 Å². The first-order chi connectivity index (χ1) is 9.71. The lowest BCUT2D eigenvalue weighted by Gasteiger charge is -2.20. The zero-order valence-corrected chi connectivity index (χ0v) is 13.6. The summed E-state index contributed by atoms with van der Waals surface area (Å²) in [7, 11) is 0. The Bertz CT molecular complexity index is 509. The molecule has 1 aliphatic rings. The third-order valence-electron chi connectivity index (χ3n) is 4.02. The summed E-state index contributed by atoms with van der Waals surface area (Å²) in [5.74, 6) is 0.975. The van der Waals surface area contributed by atoms with Crippen LogP contribution in [0.25, 0.3) is 0 Å². The largest absolute Gasteiger partial charge is 0.348 e. The maximum atomic E-state index is 12.3. The van der Waals surface area contributed by atoms with E-state index in [9.17, 15) is 4.79 Å². The molecule has 1 aromatic heterocycles. The van der Waals surface area contributed by atoms with E-state index in [1.54, 1.807) is 11.8 Å². The summed E-state index contributed by atoms with van der Waals surface area (Å²) < 4.78 is 1.92. The van der Waals surface area contributed by atoms with Gasteiger partial charge in [-0.05, 0) is 38.1 Å². The number of fused-ring (bicyclic) bond motifs is 1. The van der Waals surface area contributed by atoms with E-state index in [-0.39, 0.29) is 5.69 Å². The minimum atomic E-state index is -0.0613. The van der Waals surface area contributed by atoms with Crippen molar-refractivity contribution in [3.63, 3.8) is 0 Å². The van der Waals surface area contributed by atoms with Gasteiger partial charge in [0, 0.05) is 24.3 Å². The smallest absolute Gasteiger partial charge is 0.302 e. The molecule has 0 aliphatic heterocycles. The molecule has 1 aromatic rings. The topological polar surface area (TPSA) is 38.1 Å². The molecule has 1 aliphatic carbocycles. The van der Waals surface area contributed by atoms with Crippen LogP contribution in [0.3, 0.4) is 0 Å². The molecule has 0 radical (unpaired) electrons. The molecule has 0 amide bonds. The highest BCUT2D eigenvalue weighted by Crippen LogP contribution is 2.28. The van der Waals surface area contributed by atoms with Crippen LogP contribution in [0.15, 0.2) is 9.82 Å². The average Bonchev–Trinajstić information content (AvgIpc) is 2.92. The standard InChI is InChI=1S/C15H25N3OS/c1-4-17(5-2)10-11-18-13-9-7-8-12(13)14(20-6-3)16-15(18)19/h4-11H2,1-3H3. The Morgan fingerprint density at radius 3 is 2.65 bits per heavy atom. The predicted molar refractivity (Wildman–Crippen MR) is 84.7 cm³/mol. The van der Waals surface area contributed by atoms with Crippen LogP contribution in [0.5, 0.6) is 0 Å². The molecule has 20 heavy (non-hydrogen) atoms. The lowest BCUT2D eigenvalue weighted by molar-refractivity contribution is 0.286. The van der Waals surface area contributed by atoms with Crippen molar-refractivity contribution in [3.8, 4) is 0 Å². The quantitative estimate of drug-likeness (QED) is 0.571. The Labute approximate surface area is 125 Å².